The fraction of sp³-hybridized carbons (Fsp3) is 0.190. The first-order chi connectivity index (χ1) is 14.3. The lowest BCUT2D eigenvalue weighted by Gasteiger charge is -2.08. The molecule has 4 rings (SSSR count). The van der Waals surface area contributed by atoms with E-state index in [1.54, 1.807) is 54.9 Å². The standard InChI is InChI=1S/C21H19ClN4O4/c1-12(27)11-26-19-17(20(28)24-21(26)29)25(2)18(23-19)13-7-9-14(10-8-13)30-16-6-4-3-5-15(16)22/h3-10,12,27H,11H2,1-2H3,(H,24,28,29). The summed E-state index contributed by atoms with van der Waals surface area (Å²) in [7, 11) is 1.70. The number of rotatable bonds is 5. The molecule has 0 amide bonds. The smallest absolute Gasteiger partial charge is 0.330 e. The molecular weight excluding hydrogens is 408 g/mol. The Balaban J connectivity index is 1.75. The molecule has 0 aliphatic rings. The number of H-pyrrole nitrogens is 1. The maximum absolute atomic E-state index is 12.4. The average Bonchev–Trinajstić information content (AvgIpc) is 3.05. The van der Waals surface area contributed by atoms with Crippen LogP contribution < -0.4 is 16.0 Å². The molecule has 0 fully saturated rings. The van der Waals surface area contributed by atoms with Crippen LogP contribution in [0.1, 0.15) is 6.92 Å². The van der Waals surface area contributed by atoms with Gasteiger partial charge in [0, 0.05) is 12.6 Å². The van der Waals surface area contributed by atoms with Crippen molar-refractivity contribution in [3.05, 3.63) is 74.4 Å². The highest BCUT2D eigenvalue weighted by molar-refractivity contribution is 6.32. The molecule has 0 spiro atoms. The number of aliphatic hydroxyl groups excluding tert-OH is 1. The molecule has 0 saturated heterocycles. The van der Waals surface area contributed by atoms with Crippen molar-refractivity contribution in [3.63, 3.8) is 0 Å². The highest BCUT2D eigenvalue weighted by atomic mass is 35.5. The first kappa shape index (κ1) is 19.9. The molecule has 30 heavy (non-hydrogen) atoms. The number of nitrogens with zero attached hydrogens (tertiary/aromatic N) is 3. The molecule has 1 unspecified atom stereocenters. The van der Waals surface area contributed by atoms with Crippen molar-refractivity contribution >= 4 is 22.8 Å². The van der Waals surface area contributed by atoms with Crippen LogP contribution in [-0.2, 0) is 13.6 Å². The quantitative estimate of drug-likeness (QED) is 0.511. The van der Waals surface area contributed by atoms with E-state index in [1.165, 1.54) is 4.57 Å². The Bertz CT molecular complexity index is 1340. The van der Waals surface area contributed by atoms with Crippen LogP contribution in [0.3, 0.4) is 0 Å². The van der Waals surface area contributed by atoms with E-state index in [2.05, 4.69) is 9.97 Å². The van der Waals surface area contributed by atoms with Crippen molar-refractivity contribution < 1.29 is 9.84 Å². The van der Waals surface area contributed by atoms with E-state index in [0.29, 0.717) is 22.3 Å². The number of nitrogens with one attached hydrogen (secondary N) is 1. The molecular formula is C21H19ClN4O4. The highest BCUT2D eigenvalue weighted by Crippen LogP contribution is 2.30. The molecule has 4 aromatic rings. The van der Waals surface area contributed by atoms with Crippen molar-refractivity contribution in [1.82, 2.24) is 19.1 Å². The Labute approximate surface area is 176 Å². The zero-order valence-corrected chi connectivity index (χ0v) is 17.1. The molecule has 9 heteroatoms. The van der Waals surface area contributed by atoms with Crippen molar-refractivity contribution in [2.24, 2.45) is 7.05 Å². The summed E-state index contributed by atoms with van der Waals surface area (Å²) in [6.07, 6.45) is -0.775. The van der Waals surface area contributed by atoms with Gasteiger partial charge in [-0.2, -0.15) is 0 Å². The molecule has 8 nitrogen and oxygen atoms in total. The topological polar surface area (TPSA) is 102 Å². The number of aliphatic hydroxyl groups is 1. The van der Waals surface area contributed by atoms with Crippen molar-refractivity contribution in [1.29, 1.82) is 0 Å². The van der Waals surface area contributed by atoms with Gasteiger partial charge >= 0.3 is 5.69 Å². The minimum absolute atomic E-state index is 0.0210. The number of aromatic amines is 1. The van der Waals surface area contributed by atoms with E-state index >= 15 is 0 Å². The van der Waals surface area contributed by atoms with Gasteiger partial charge in [0.2, 0.25) is 0 Å². The van der Waals surface area contributed by atoms with E-state index in [1.807, 2.05) is 12.1 Å². The summed E-state index contributed by atoms with van der Waals surface area (Å²) in [5, 5.41) is 10.2. The fourth-order valence-electron chi connectivity index (χ4n) is 3.26. The lowest BCUT2D eigenvalue weighted by molar-refractivity contribution is 0.173. The van der Waals surface area contributed by atoms with Crippen LogP contribution in [0.4, 0.5) is 0 Å². The van der Waals surface area contributed by atoms with Crippen LogP contribution in [0.25, 0.3) is 22.6 Å². The average molecular weight is 427 g/mol. The Hall–Kier alpha value is -3.36. The summed E-state index contributed by atoms with van der Waals surface area (Å²) >= 11 is 6.13. The molecule has 0 saturated carbocycles. The second-order valence-corrected chi connectivity index (χ2v) is 7.35. The lowest BCUT2D eigenvalue weighted by Crippen LogP contribution is -2.33. The van der Waals surface area contributed by atoms with Crippen molar-refractivity contribution in [3.8, 4) is 22.9 Å². The van der Waals surface area contributed by atoms with Crippen LogP contribution in [0, 0.1) is 0 Å². The number of ether oxygens (including phenoxy) is 1. The maximum Gasteiger partial charge on any atom is 0.330 e. The fourth-order valence-corrected chi connectivity index (χ4v) is 3.44. The molecule has 0 aliphatic carbocycles. The highest BCUT2D eigenvalue weighted by Gasteiger charge is 2.18. The third-order valence-electron chi connectivity index (χ3n) is 4.64. The molecule has 0 radical (unpaired) electrons. The zero-order chi connectivity index (χ0) is 21.4. The molecule has 2 heterocycles. The van der Waals surface area contributed by atoms with E-state index in [9.17, 15) is 14.7 Å². The normalized spacial score (nSPS) is 12.3. The number of benzene rings is 2. The monoisotopic (exact) mass is 426 g/mol. The van der Waals surface area contributed by atoms with Gasteiger partial charge in [0.15, 0.2) is 11.2 Å². The zero-order valence-electron chi connectivity index (χ0n) is 16.3. The molecule has 2 aromatic carbocycles. The van der Waals surface area contributed by atoms with Gasteiger partial charge in [-0.05, 0) is 43.3 Å². The molecule has 1 atom stereocenters. The molecule has 2 N–H and O–H groups in total. The number of para-hydroxylation sites is 1. The van der Waals surface area contributed by atoms with Gasteiger partial charge in [0.1, 0.15) is 17.3 Å². The number of fused-ring (bicyclic) bond motifs is 1. The number of imidazole rings is 1. The second kappa shape index (κ2) is 7.81. The van der Waals surface area contributed by atoms with Gasteiger partial charge in [-0.25, -0.2) is 9.78 Å². The summed E-state index contributed by atoms with van der Waals surface area (Å²) < 4.78 is 8.68. The van der Waals surface area contributed by atoms with Crippen LogP contribution in [-0.4, -0.2) is 30.3 Å². The third-order valence-corrected chi connectivity index (χ3v) is 4.95. The Morgan fingerprint density at radius 3 is 2.53 bits per heavy atom. The number of aryl methyl sites for hydroxylation is 1. The number of aromatic nitrogens is 4. The molecule has 0 aliphatic heterocycles. The summed E-state index contributed by atoms with van der Waals surface area (Å²) in [6.45, 7) is 1.58. The van der Waals surface area contributed by atoms with E-state index in [-0.39, 0.29) is 17.7 Å². The molecule has 154 valence electrons. The van der Waals surface area contributed by atoms with E-state index in [0.717, 1.165) is 5.56 Å². The Morgan fingerprint density at radius 2 is 1.87 bits per heavy atom. The second-order valence-electron chi connectivity index (χ2n) is 6.94. The third kappa shape index (κ3) is 3.62. The summed E-state index contributed by atoms with van der Waals surface area (Å²) in [5.74, 6) is 1.64. The minimum atomic E-state index is -0.775. The van der Waals surface area contributed by atoms with Gasteiger partial charge < -0.3 is 14.4 Å². The van der Waals surface area contributed by atoms with Crippen molar-refractivity contribution in [2.75, 3.05) is 0 Å². The van der Waals surface area contributed by atoms with Crippen LogP contribution >= 0.6 is 11.6 Å². The van der Waals surface area contributed by atoms with E-state index in [4.69, 9.17) is 16.3 Å². The number of hydrogen-bond acceptors (Lipinski definition) is 5. The minimum Gasteiger partial charge on any atom is -0.456 e. The van der Waals surface area contributed by atoms with Crippen LogP contribution in [0.2, 0.25) is 5.02 Å². The van der Waals surface area contributed by atoms with Gasteiger partial charge in [0.25, 0.3) is 5.56 Å². The maximum atomic E-state index is 12.4. The van der Waals surface area contributed by atoms with Crippen molar-refractivity contribution in [2.45, 2.75) is 19.6 Å². The molecule has 0 bridgehead atoms. The number of halogens is 1. The van der Waals surface area contributed by atoms with Crippen LogP contribution in [0.5, 0.6) is 11.5 Å². The predicted molar refractivity (Wildman–Crippen MR) is 114 cm³/mol. The molecule has 2 aromatic heterocycles. The Morgan fingerprint density at radius 1 is 1.17 bits per heavy atom. The summed E-state index contributed by atoms with van der Waals surface area (Å²) in [4.78, 5) is 31.4. The number of hydrogen-bond donors (Lipinski definition) is 2. The van der Waals surface area contributed by atoms with Gasteiger partial charge in [-0.3, -0.25) is 14.3 Å². The summed E-state index contributed by atoms with van der Waals surface area (Å²) in [5.41, 5.74) is 0.0640. The van der Waals surface area contributed by atoms with Gasteiger partial charge in [-0.15, -0.1) is 0 Å². The predicted octanol–water partition coefficient (Wildman–Crippen LogP) is 2.92. The van der Waals surface area contributed by atoms with Gasteiger partial charge in [-0.1, -0.05) is 23.7 Å². The SMILES string of the molecule is CC(O)Cn1c(=O)[nH]c(=O)c2c1nc(-c1ccc(Oc3ccccc3Cl)cc1)n2C. The first-order valence-electron chi connectivity index (χ1n) is 9.25. The first-order valence-corrected chi connectivity index (χ1v) is 9.63. The Kier molecular flexibility index (Phi) is 5.19. The van der Waals surface area contributed by atoms with Gasteiger partial charge in [0.05, 0.1) is 17.7 Å². The largest absolute Gasteiger partial charge is 0.456 e. The van der Waals surface area contributed by atoms with E-state index < -0.39 is 17.4 Å². The lowest BCUT2D eigenvalue weighted by atomic mass is 10.2. The summed E-state index contributed by atoms with van der Waals surface area (Å²) in [6, 6.07) is 14.3. The van der Waals surface area contributed by atoms with Crippen LogP contribution in [0.15, 0.2) is 58.1 Å².